The highest BCUT2D eigenvalue weighted by Crippen LogP contribution is 1.99. The van der Waals surface area contributed by atoms with E-state index in [4.69, 9.17) is 4.74 Å². The molecule has 17 heavy (non-hydrogen) atoms. The van der Waals surface area contributed by atoms with Crippen molar-refractivity contribution in [2.75, 3.05) is 26.3 Å². The van der Waals surface area contributed by atoms with Crippen LogP contribution in [0.3, 0.4) is 0 Å². The molecule has 0 spiro atoms. The van der Waals surface area contributed by atoms with Crippen molar-refractivity contribution >= 4 is 5.91 Å². The van der Waals surface area contributed by atoms with E-state index in [1.165, 1.54) is 11.1 Å². The third kappa shape index (κ3) is 5.50. The van der Waals surface area contributed by atoms with E-state index in [2.05, 4.69) is 38.1 Å². The first-order valence-corrected chi connectivity index (χ1v) is 5.96. The first-order chi connectivity index (χ1) is 8.09. The van der Waals surface area contributed by atoms with E-state index >= 15 is 0 Å². The van der Waals surface area contributed by atoms with Gasteiger partial charge >= 0.3 is 0 Å². The molecule has 0 aromatic heterocycles. The summed E-state index contributed by atoms with van der Waals surface area (Å²) < 4.78 is 5.06. The smallest absolute Gasteiger partial charge is 0.219 e. The standard InChI is InChI=1S/C8H10.C6H11NO2/c1-7-3-5-8(2)6-4-7;1-6(8)7-2-4-9-5-3-7/h3-6H,1-2H3;2-5H2,1H3. The Balaban J connectivity index is 0.000000171. The highest BCUT2D eigenvalue weighted by molar-refractivity contribution is 5.73. The highest BCUT2D eigenvalue weighted by Gasteiger charge is 2.11. The van der Waals surface area contributed by atoms with E-state index < -0.39 is 0 Å². The third-order valence-corrected chi connectivity index (χ3v) is 2.67. The number of carbonyl (C=O) groups excluding carboxylic acids is 1. The van der Waals surface area contributed by atoms with Crippen molar-refractivity contribution in [3.63, 3.8) is 0 Å². The Labute approximate surface area is 103 Å². The number of hydrogen-bond acceptors (Lipinski definition) is 2. The Morgan fingerprint density at radius 1 is 1.06 bits per heavy atom. The quantitative estimate of drug-likeness (QED) is 0.689. The molecule has 1 aromatic carbocycles. The second-order valence-electron chi connectivity index (χ2n) is 4.27. The summed E-state index contributed by atoms with van der Waals surface area (Å²) in [6.07, 6.45) is 0. The van der Waals surface area contributed by atoms with Crippen molar-refractivity contribution in [3.8, 4) is 0 Å². The molecule has 1 aliphatic heterocycles. The molecule has 0 radical (unpaired) electrons. The minimum atomic E-state index is 0.151. The minimum Gasteiger partial charge on any atom is -0.378 e. The Bertz CT molecular complexity index is 319. The maximum Gasteiger partial charge on any atom is 0.219 e. The van der Waals surface area contributed by atoms with Crippen LogP contribution in [0, 0.1) is 13.8 Å². The second kappa shape index (κ2) is 7.07. The molecular formula is C14H21NO2. The summed E-state index contributed by atoms with van der Waals surface area (Å²) in [7, 11) is 0. The largest absolute Gasteiger partial charge is 0.378 e. The number of carbonyl (C=O) groups is 1. The average molecular weight is 235 g/mol. The molecule has 1 aliphatic rings. The fourth-order valence-corrected chi connectivity index (χ4v) is 1.52. The van der Waals surface area contributed by atoms with Crippen LogP contribution in [0.5, 0.6) is 0 Å². The Kier molecular flexibility index (Phi) is 5.70. The van der Waals surface area contributed by atoms with Gasteiger partial charge in [0.1, 0.15) is 0 Å². The lowest BCUT2D eigenvalue weighted by atomic mass is 10.2. The van der Waals surface area contributed by atoms with Gasteiger partial charge in [0, 0.05) is 20.0 Å². The van der Waals surface area contributed by atoms with Gasteiger partial charge in [-0.2, -0.15) is 0 Å². The summed E-state index contributed by atoms with van der Waals surface area (Å²) in [5.74, 6) is 0.151. The molecule has 1 saturated heterocycles. The van der Waals surface area contributed by atoms with Gasteiger partial charge in [0.15, 0.2) is 0 Å². The van der Waals surface area contributed by atoms with E-state index in [1.54, 1.807) is 11.8 Å². The number of hydrogen-bond donors (Lipinski definition) is 0. The summed E-state index contributed by atoms with van der Waals surface area (Å²) in [6, 6.07) is 8.48. The Morgan fingerprint density at radius 3 is 1.76 bits per heavy atom. The van der Waals surface area contributed by atoms with Gasteiger partial charge in [0.25, 0.3) is 0 Å². The summed E-state index contributed by atoms with van der Waals surface area (Å²) in [5.41, 5.74) is 2.66. The number of ether oxygens (including phenoxy) is 1. The zero-order chi connectivity index (χ0) is 12.7. The summed E-state index contributed by atoms with van der Waals surface area (Å²) in [5, 5.41) is 0. The van der Waals surface area contributed by atoms with Crippen LogP contribution in [-0.2, 0) is 9.53 Å². The first kappa shape index (κ1) is 13.7. The van der Waals surface area contributed by atoms with Crippen LogP contribution >= 0.6 is 0 Å². The van der Waals surface area contributed by atoms with Gasteiger partial charge in [0.05, 0.1) is 13.2 Å². The molecule has 0 N–H and O–H groups in total. The monoisotopic (exact) mass is 235 g/mol. The van der Waals surface area contributed by atoms with Crippen molar-refractivity contribution in [2.45, 2.75) is 20.8 Å². The van der Waals surface area contributed by atoms with Crippen LogP contribution < -0.4 is 0 Å². The number of morpholine rings is 1. The Hall–Kier alpha value is -1.35. The van der Waals surface area contributed by atoms with Gasteiger partial charge in [-0.1, -0.05) is 35.4 Å². The van der Waals surface area contributed by atoms with Crippen molar-refractivity contribution in [3.05, 3.63) is 35.4 Å². The predicted molar refractivity (Wildman–Crippen MR) is 69.0 cm³/mol. The predicted octanol–water partition coefficient (Wildman–Crippen LogP) is 2.17. The van der Waals surface area contributed by atoms with E-state index in [-0.39, 0.29) is 5.91 Å². The lowest BCUT2D eigenvalue weighted by Crippen LogP contribution is -2.39. The molecule has 0 saturated carbocycles. The number of benzene rings is 1. The fraction of sp³-hybridized carbons (Fsp3) is 0.500. The molecule has 0 bridgehead atoms. The molecule has 1 fully saturated rings. The summed E-state index contributed by atoms with van der Waals surface area (Å²) in [4.78, 5) is 12.5. The molecule has 3 nitrogen and oxygen atoms in total. The third-order valence-electron chi connectivity index (χ3n) is 2.67. The van der Waals surface area contributed by atoms with E-state index in [9.17, 15) is 4.79 Å². The maximum absolute atomic E-state index is 10.7. The van der Waals surface area contributed by atoms with Crippen LogP contribution in [0.1, 0.15) is 18.1 Å². The zero-order valence-electron chi connectivity index (χ0n) is 10.9. The van der Waals surface area contributed by atoms with Crippen LogP contribution in [0.15, 0.2) is 24.3 Å². The van der Waals surface area contributed by atoms with Crippen molar-refractivity contribution in [2.24, 2.45) is 0 Å². The van der Waals surface area contributed by atoms with Crippen LogP contribution in [-0.4, -0.2) is 37.1 Å². The van der Waals surface area contributed by atoms with Gasteiger partial charge in [-0.3, -0.25) is 4.79 Å². The van der Waals surface area contributed by atoms with E-state index in [1.807, 2.05) is 0 Å². The number of aryl methyl sites for hydroxylation is 2. The lowest BCUT2D eigenvalue weighted by Gasteiger charge is -2.25. The van der Waals surface area contributed by atoms with E-state index in [0.29, 0.717) is 13.2 Å². The summed E-state index contributed by atoms with van der Waals surface area (Å²) >= 11 is 0. The molecule has 3 heteroatoms. The topological polar surface area (TPSA) is 29.5 Å². The minimum absolute atomic E-state index is 0.151. The second-order valence-corrected chi connectivity index (χ2v) is 4.27. The van der Waals surface area contributed by atoms with Crippen molar-refractivity contribution in [1.82, 2.24) is 4.90 Å². The van der Waals surface area contributed by atoms with E-state index in [0.717, 1.165) is 13.1 Å². The van der Waals surface area contributed by atoms with Gasteiger partial charge in [-0.15, -0.1) is 0 Å². The zero-order valence-corrected chi connectivity index (χ0v) is 10.9. The first-order valence-electron chi connectivity index (χ1n) is 5.96. The maximum atomic E-state index is 10.7. The van der Waals surface area contributed by atoms with Crippen molar-refractivity contribution in [1.29, 1.82) is 0 Å². The van der Waals surface area contributed by atoms with Crippen LogP contribution in [0.25, 0.3) is 0 Å². The van der Waals surface area contributed by atoms with Crippen LogP contribution in [0.2, 0.25) is 0 Å². The van der Waals surface area contributed by atoms with Gasteiger partial charge < -0.3 is 9.64 Å². The average Bonchev–Trinajstić information content (AvgIpc) is 2.35. The van der Waals surface area contributed by atoms with Gasteiger partial charge in [-0.25, -0.2) is 0 Å². The molecule has 1 heterocycles. The van der Waals surface area contributed by atoms with Crippen LogP contribution in [0.4, 0.5) is 0 Å². The SMILES string of the molecule is CC(=O)N1CCOCC1.Cc1ccc(C)cc1. The highest BCUT2D eigenvalue weighted by atomic mass is 16.5. The normalized spacial score (nSPS) is 14.9. The van der Waals surface area contributed by atoms with Gasteiger partial charge in [-0.05, 0) is 13.8 Å². The molecule has 1 aromatic rings. The number of nitrogens with zero attached hydrogens (tertiary/aromatic N) is 1. The summed E-state index contributed by atoms with van der Waals surface area (Å²) in [6.45, 7) is 8.69. The molecule has 0 atom stereocenters. The molecule has 2 rings (SSSR count). The fourth-order valence-electron chi connectivity index (χ4n) is 1.52. The van der Waals surface area contributed by atoms with Crippen molar-refractivity contribution < 1.29 is 9.53 Å². The molecular weight excluding hydrogens is 214 g/mol. The lowest BCUT2D eigenvalue weighted by molar-refractivity contribution is -0.132. The molecule has 1 amide bonds. The molecule has 94 valence electrons. The molecule has 0 aliphatic carbocycles. The Morgan fingerprint density at radius 2 is 1.47 bits per heavy atom. The van der Waals surface area contributed by atoms with Gasteiger partial charge in [0.2, 0.25) is 5.91 Å². The molecule has 0 unspecified atom stereocenters. The number of amides is 1. The number of rotatable bonds is 0.